The molecule has 0 spiro atoms. The highest BCUT2D eigenvalue weighted by Gasteiger charge is 2.38. The van der Waals surface area contributed by atoms with Crippen molar-refractivity contribution in [2.75, 3.05) is 19.2 Å². The van der Waals surface area contributed by atoms with E-state index in [0.717, 1.165) is 62.0 Å². The van der Waals surface area contributed by atoms with E-state index in [1.54, 1.807) is 24.9 Å². The van der Waals surface area contributed by atoms with Gasteiger partial charge in [0.05, 0.1) is 26.1 Å². The lowest BCUT2D eigenvalue weighted by Gasteiger charge is -2.26. The van der Waals surface area contributed by atoms with Gasteiger partial charge >= 0.3 is 7.60 Å². The smallest absolute Gasteiger partial charge is 0.409 e. The number of fused-ring (bicyclic) bond motifs is 1. The third kappa shape index (κ3) is 9.65. The van der Waals surface area contributed by atoms with Crippen molar-refractivity contribution in [3.05, 3.63) is 30.6 Å². The Morgan fingerprint density at radius 2 is 1.54 bits per heavy atom. The maximum atomic E-state index is 13.9. The van der Waals surface area contributed by atoms with Crippen LogP contribution in [0.2, 0.25) is 0 Å². The lowest BCUT2D eigenvalue weighted by atomic mass is 10.1. The predicted molar refractivity (Wildman–Crippen MR) is 170 cm³/mol. The molecule has 2 fully saturated rings. The first-order valence-electron chi connectivity index (χ1n) is 15.7. The number of carbonyl (C=O) groups excluding carboxylic acids is 2. The summed E-state index contributed by atoms with van der Waals surface area (Å²) in [5.41, 5.74) is 7.08. The number of carbonyl (C=O) groups is 2. The number of nitrogens with zero attached hydrogens (tertiary/aromatic N) is 4. The van der Waals surface area contributed by atoms with Crippen LogP contribution in [-0.4, -0.2) is 64.6 Å². The summed E-state index contributed by atoms with van der Waals surface area (Å²) in [6.45, 7) is 2.45. The largest absolute Gasteiger partial charge is 0.497 e. The van der Waals surface area contributed by atoms with Crippen LogP contribution in [0.3, 0.4) is 0 Å². The van der Waals surface area contributed by atoms with Crippen molar-refractivity contribution >= 4 is 49.4 Å². The molecule has 262 valence electrons. The number of imidazole rings is 1. The van der Waals surface area contributed by atoms with Gasteiger partial charge in [0.1, 0.15) is 16.3 Å². The summed E-state index contributed by atoms with van der Waals surface area (Å²) in [5, 5.41) is 0.569. The zero-order chi connectivity index (χ0) is 33.9. The number of nitrogen functional groups attached to an aromatic ring is 1. The van der Waals surface area contributed by atoms with Crippen molar-refractivity contribution in [1.29, 1.82) is 0 Å². The second kappa shape index (κ2) is 17.4. The van der Waals surface area contributed by atoms with Crippen LogP contribution in [0.5, 0.6) is 5.75 Å². The average Bonchev–Trinajstić information content (AvgIpc) is 3.89. The van der Waals surface area contributed by atoms with E-state index >= 15 is 0 Å². The second-order valence-electron chi connectivity index (χ2n) is 11.6. The van der Waals surface area contributed by atoms with Crippen LogP contribution >= 0.6 is 19.4 Å². The number of anilines is 1. The third-order valence-corrected chi connectivity index (χ3v) is 10.2. The molecule has 2 aliphatic carbocycles. The van der Waals surface area contributed by atoms with Crippen molar-refractivity contribution in [2.45, 2.75) is 93.4 Å². The van der Waals surface area contributed by atoms with Gasteiger partial charge in [-0.1, -0.05) is 37.4 Å². The molecule has 1 aromatic carbocycles. The SMILES string of the molecule is COc1ccc(Sc2nc(N)nc3c2ncn3CC(C)OCP(=O)(OOC(OC=O)C2CCCC2)OOC(OC=O)C2CCCC2)cc1. The molecule has 18 heteroatoms. The molecule has 3 atom stereocenters. The monoisotopic (exact) mass is 709 g/mol. The summed E-state index contributed by atoms with van der Waals surface area (Å²) in [6.07, 6.45) is 4.82. The summed E-state index contributed by atoms with van der Waals surface area (Å²) in [5.74, 6) is 0.504. The minimum atomic E-state index is -4.35. The first kappa shape index (κ1) is 36.0. The standard InChI is InChI=1S/C30H40N5O11PS/c1-20(15-35-16-32-25-26(35)33-30(31)34-27(25)48-24-13-11-23(39-2)12-14-24)42-19-47(38,45-43-28(40-17-36)21-7-3-4-8-21)46-44-29(41-18-37)22-9-5-6-10-22/h11-14,16-18,20-22,28-29H,3-10,15,19H2,1-2H3,(H2,31,33,34). The molecule has 2 aromatic heterocycles. The molecule has 0 amide bonds. The Kier molecular flexibility index (Phi) is 13.0. The Hall–Kier alpha value is -3.31. The molecule has 3 unspecified atom stereocenters. The number of hydrogen-bond donors (Lipinski definition) is 1. The highest BCUT2D eigenvalue weighted by Crippen LogP contribution is 2.51. The van der Waals surface area contributed by atoms with E-state index in [2.05, 4.69) is 15.0 Å². The topological polar surface area (TPSA) is 195 Å². The first-order chi connectivity index (χ1) is 23.3. The lowest BCUT2D eigenvalue weighted by molar-refractivity contribution is -0.363. The Morgan fingerprint density at radius 3 is 2.08 bits per heavy atom. The summed E-state index contributed by atoms with van der Waals surface area (Å²) in [7, 11) is -2.75. The highest BCUT2D eigenvalue weighted by molar-refractivity contribution is 7.99. The van der Waals surface area contributed by atoms with Gasteiger partial charge in [-0.05, 0) is 56.9 Å². The van der Waals surface area contributed by atoms with Crippen LogP contribution in [0.15, 0.2) is 40.5 Å². The van der Waals surface area contributed by atoms with Crippen LogP contribution in [0, 0.1) is 11.8 Å². The normalized spacial score (nSPS) is 18.7. The van der Waals surface area contributed by atoms with Crippen molar-refractivity contribution < 1.29 is 52.2 Å². The second-order valence-corrected chi connectivity index (χ2v) is 14.4. The molecular weight excluding hydrogens is 669 g/mol. The third-order valence-electron chi connectivity index (χ3n) is 8.15. The van der Waals surface area contributed by atoms with Gasteiger partial charge in [0.2, 0.25) is 18.5 Å². The molecule has 5 rings (SSSR count). The summed E-state index contributed by atoms with van der Waals surface area (Å²) >= 11 is 1.38. The van der Waals surface area contributed by atoms with Crippen molar-refractivity contribution in [3.8, 4) is 5.75 Å². The van der Waals surface area contributed by atoms with Crippen LogP contribution in [-0.2, 0) is 54.0 Å². The van der Waals surface area contributed by atoms with E-state index in [1.807, 2.05) is 24.3 Å². The van der Waals surface area contributed by atoms with Crippen LogP contribution < -0.4 is 10.5 Å². The fourth-order valence-corrected chi connectivity index (χ4v) is 7.56. The van der Waals surface area contributed by atoms with Gasteiger partial charge in [0.25, 0.3) is 12.9 Å². The lowest BCUT2D eigenvalue weighted by Crippen LogP contribution is -2.27. The number of benzene rings is 1. The van der Waals surface area contributed by atoms with Crippen molar-refractivity contribution in [1.82, 2.24) is 19.5 Å². The van der Waals surface area contributed by atoms with Crippen LogP contribution in [0.25, 0.3) is 11.2 Å². The number of hydrogen-bond acceptors (Lipinski definition) is 16. The van der Waals surface area contributed by atoms with E-state index in [9.17, 15) is 14.2 Å². The van der Waals surface area contributed by atoms with Crippen molar-refractivity contribution in [3.63, 3.8) is 0 Å². The molecule has 48 heavy (non-hydrogen) atoms. The predicted octanol–water partition coefficient (Wildman–Crippen LogP) is 5.40. The van der Waals surface area contributed by atoms with Gasteiger partial charge in [0.15, 0.2) is 12.0 Å². The first-order valence-corrected chi connectivity index (χ1v) is 18.2. The van der Waals surface area contributed by atoms with Gasteiger partial charge in [-0.3, -0.25) is 14.2 Å². The summed E-state index contributed by atoms with van der Waals surface area (Å²) in [6, 6.07) is 7.49. The fourth-order valence-electron chi connectivity index (χ4n) is 5.71. The van der Waals surface area contributed by atoms with Crippen LogP contribution in [0.4, 0.5) is 5.95 Å². The molecular formula is C30H40N5O11PS. The minimum Gasteiger partial charge on any atom is -0.497 e. The van der Waals surface area contributed by atoms with E-state index in [0.29, 0.717) is 16.2 Å². The minimum absolute atomic E-state index is 0.0677. The molecule has 2 heterocycles. The van der Waals surface area contributed by atoms with Gasteiger partial charge < -0.3 is 29.2 Å². The Labute approximate surface area is 281 Å². The van der Waals surface area contributed by atoms with E-state index < -0.39 is 32.6 Å². The maximum Gasteiger partial charge on any atom is 0.409 e. The maximum absolute atomic E-state index is 13.9. The van der Waals surface area contributed by atoms with Gasteiger partial charge in [-0.25, -0.2) is 9.97 Å². The highest BCUT2D eigenvalue weighted by atomic mass is 32.2. The number of aromatic nitrogens is 4. The number of nitrogens with two attached hydrogens (primary N) is 1. The molecule has 0 bridgehead atoms. The Bertz CT molecular complexity index is 1500. The number of ether oxygens (including phenoxy) is 4. The van der Waals surface area contributed by atoms with Crippen LogP contribution in [0.1, 0.15) is 58.3 Å². The van der Waals surface area contributed by atoms with E-state index in [-0.39, 0.29) is 37.3 Å². The zero-order valence-electron chi connectivity index (χ0n) is 26.7. The van der Waals surface area contributed by atoms with E-state index in [1.165, 1.54) is 11.8 Å². The van der Waals surface area contributed by atoms with Crippen molar-refractivity contribution in [2.24, 2.45) is 11.8 Å². The quantitative estimate of drug-likeness (QED) is 0.0391. The molecule has 0 saturated heterocycles. The number of rotatable bonds is 20. The molecule has 2 saturated carbocycles. The molecule has 2 aliphatic rings. The average molecular weight is 710 g/mol. The Balaban J connectivity index is 1.26. The molecule has 3 aromatic rings. The Morgan fingerprint density at radius 1 is 0.958 bits per heavy atom. The van der Waals surface area contributed by atoms with Gasteiger partial charge in [-0.2, -0.15) is 14.8 Å². The summed E-state index contributed by atoms with van der Waals surface area (Å²) in [4.78, 5) is 47.2. The molecule has 16 nitrogen and oxygen atoms in total. The van der Waals surface area contributed by atoms with E-state index in [4.69, 9.17) is 43.8 Å². The number of methoxy groups -OCH3 is 1. The van der Waals surface area contributed by atoms with Gasteiger partial charge in [0, 0.05) is 16.7 Å². The van der Waals surface area contributed by atoms with Gasteiger partial charge in [-0.15, -0.1) is 9.35 Å². The fraction of sp³-hybridized carbons (Fsp3) is 0.567. The molecule has 0 radical (unpaired) electrons. The molecule has 0 aliphatic heterocycles. The molecule has 2 N–H and O–H groups in total. The zero-order valence-corrected chi connectivity index (χ0v) is 28.4. The summed E-state index contributed by atoms with van der Waals surface area (Å²) < 4.78 is 47.5.